The Labute approximate surface area is 145 Å². The Kier molecular flexibility index (Phi) is 4.58. The van der Waals surface area contributed by atoms with Gasteiger partial charge in [0.05, 0.1) is 11.6 Å². The van der Waals surface area contributed by atoms with Gasteiger partial charge in [-0.05, 0) is 19.8 Å². The number of rotatable bonds is 4. The van der Waals surface area contributed by atoms with Crippen LogP contribution in [-0.4, -0.2) is 51.8 Å². The number of aromatic nitrogens is 1. The van der Waals surface area contributed by atoms with Crippen molar-refractivity contribution in [2.75, 3.05) is 13.6 Å². The second kappa shape index (κ2) is 6.51. The lowest BCUT2D eigenvalue weighted by Gasteiger charge is -2.35. The topological polar surface area (TPSA) is 82.6 Å². The summed E-state index contributed by atoms with van der Waals surface area (Å²) in [6.07, 6.45) is 6.06. The smallest absolute Gasteiger partial charge is 0.327 e. The number of carbonyl (C=O) groups is 3. The molecule has 1 spiro atoms. The van der Waals surface area contributed by atoms with E-state index in [9.17, 15) is 14.4 Å². The van der Waals surface area contributed by atoms with Gasteiger partial charge in [-0.25, -0.2) is 9.78 Å². The van der Waals surface area contributed by atoms with Gasteiger partial charge in [0, 0.05) is 18.1 Å². The van der Waals surface area contributed by atoms with Crippen LogP contribution in [0.1, 0.15) is 42.0 Å². The van der Waals surface area contributed by atoms with E-state index in [0.29, 0.717) is 19.4 Å². The van der Waals surface area contributed by atoms with Crippen LogP contribution in [0, 0.1) is 6.92 Å². The lowest BCUT2D eigenvalue weighted by molar-refractivity contribution is -0.137. The van der Waals surface area contributed by atoms with Crippen molar-refractivity contribution >= 4 is 29.2 Å². The number of imide groups is 1. The fraction of sp³-hybridized carbons (Fsp3) is 0.625. The van der Waals surface area contributed by atoms with E-state index in [1.165, 1.54) is 16.2 Å². The first kappa shape index (κ1) is 16.9. The molecule has 24 heavy (non-hydrogen) atoms. The SMILES string of the molecule is Cc1ncc(CNC(=O)CN2C(=O)N(C)C3(CCCCC3)C2=O)s1. The predicted molar refractivity (Wildman–Crippen MR) is 89.4 cm³/mol. The molecule has 2 aliphatic rings. The molecule has 1 aromatic heterocycles. The largest absolute Gasteiger partial charge is 0.350 e. The van der Waals surface area contributed by atoms with Crippen LogP contribution in [0.3, 0.4) is 0 Å². The highest BCUT2D eigenvalue weighted by atomic mass is 32.1. The molecule has 4 amide bonds. The molecule has 7 nitrogen and oxygen atoms in total. The van der Waals surface area contributed by atoms with E-state index in [1.807, 2.05) is 6.92 Å². The monoisotopic (exact) mass is 350 g/mol. The zero-order valence-corrected chi connectivity index (χ0v) is 14.8. The Balaban J connectivity index is 1.62. The van der Waals surface area contributed by atoms with Crippen molar-refractivity contribution in [2.24, 2.45) is 0 Å². The van der Waals surface area contributed by atoms with E-state index in [2.05, 4.69) is 10.3 Å². The second-order valence-corrected chi connectivity index (χ2v) is 7.77. The Bertz CT molecular complexity index is 666. The van der Waals surface area contributed by atoms with Crippen LogP contribution in [-0.2, 0) is 16.1 Å². The zero-order valence-electron chi connectivity index (χ0n) is 14.0. The van der Waals surface area contributed by atoms with Crippen LogP contribution in [0.15, 0.2) is 6.20 Å². The van der Waals surface area contributed by atoms with Crippen molar-refractivity contribution in [1.29, 1.82) is 0 Å². The van der Waals surface area contributed by atoms with Crippen molar-refractivity contribution in [2.45, 2.75) is 51.1 Å². The lowest BCUT2D eigenvalue weighted by Crippen LogP contribution is -2.49. The van der Waals surface area contributed by atoms with Crippen LogP contribution in [0.25, 0.3) is 0 Å². The van der Waals surface area contributed by atoms with E-state index in [0.717, 1.165) is 34.0 Å². The number of hydrogen-bond acceptors (Lipinski definition) is 5. The van der Waals surface area contributed by atoms with Gasteiger partial charge in [0.15, 0.2) is 0 Å². The number of amides is 4. The highest BCUT2D eigenvalue weighted by Crippen LogP contribution is 2.39. The van der Waals surface area contributed by atoms with Gasteiger partial charge in [0.1, 0.15) is 12.1 Å². The van der Waals surface area contributed by atoms with Gasteiger partial charge >= 0.3 is 6.03 Å². The molecule has 3 rings (SSSR count). The standard InChI is InChI=1S/C16H22N4O3S/c1-11-17-8-12(24-11)9-18-13(21)10-20-14(22)16(19(2)15(20)23)6-4-3-5-7-16/h8H,3-7,9-10H2,1-2H3,(H,18,21). The predicted octanol–water partition coefficient (Wildman–Crippen LogP) is 1.66. The van der Waals surface area contributed by atoms with Crippen molar-refractivity contribution < 1.29 is 14.4 Å². The molecular weight excluding hydrogens is 328 g/mol. The number of likely N-dealkylation sites (N-methyl/N-ethyl adjacent to an activating group) is 1. The van der Waals surface area contributed by atoms with E-state index in [1.54, 1.807) is 13.2 Å². The van der Waals surface area contributed by atoms with Crippen LogP contribution >= 0.6 is 11.3 Å². The molecule has 2 heterocycles. The van der Waals surface area contributed by atoms with E-state index in [4.69, 9.17) is 0 Å². The van der Waals surface area contributed by atoms with E-state index >= 15 is 0 Å². The molecular formula is C16H22N4O3S. The summed E-state index contributed by atoms with van der Waals surface area (Å²) in [5.41, 5.74) is -0.732. The maximum Gasteiger partial charge on any atom is 0.327 e. The third-order valence-corrected chi connectivity index (χ3v) is 5.83. The molecule has 1 N–H and O–H groups in total. The molecule has 0 radical (unpaired) electrons. The minimum Gasteiger partial charge on any atom is -0.350 e. The van der Waals surface area contributed by atoms with Crippen LogP contribution in [0.2, 0.25) is 0 Å². The molecule has 1 saturated carbocycles. The highest BCUT2D eigenvalue weighted by molar-refractivity contribution is 7.11. The molecule has 1 saturated heterocycles. The lowest BCUT2D eigenvalue weighted by atomic mass is 9.81. The fourth-order valence-electron chi connectivity index (χ4n) is 3.54. The van der Waals surface area contributed by atoms with Gasteiger partial charge in [-0.3, -0.25) is 14.5 Å². The highest BCUT2D eigenvalue weighted by Gasteiger charge is 2.55. The normalized spacial score (nSPS) is 20.1. The molecule has 0 atom stereocenters. The molecule has 1 aliphatic carbocycles. The number of nitrogens with zero attached hydrogens (tertiary/aromatic N) is 3. The number of urea groups is 1. The molecule has 1 aromatic rings. The average Bonchev–Trinajstić information content (AvgIpc) is 3.07. The number of carbonyl (C=O) groups excluding carboxylic acids is 3. The Morgan fingerprint density at radius 2 is 2.04 bits per heavy atom. The summed E-state index contributed by atoms with van der Waals surface area (Å²) in [6, 6.07) is -0.370. The number of nitrogens with one attached hydrogen (secondary N) is 1. The fourth-order valence-corrected chi connectivity index (χ4v) is 4.28. The van der Waals surface area contributed by atoms with Crippen LogP contribution < -0.4 is 5.32 Å². The molecule has 8 heteroatoms. The van der Waals surface area contributed by atoms with Gasteiger partial charge in [0.25, 0.3) is 5.91 Å². The average molecular weight is 350 g/mol. The van der Waals surface area contributed by atoms with Gasteiger partial charge < -0.3 is 10.2 Å². The van der Waals surface area contributed by atoms with E-state index in [-0.39, 0.29) is 24.4 Å². The third-order valence-electron chi connectivity index (χ3n) is 4.91. The molecule has 2 fully saturated rings. The van der Waals surface area contributed by atoms with Gasteiger partial charge in [0.2, 0.25) is 5.91 Å². The van der Waals surface area contributed by atoms with Gasteiger partial charge in [-0.1, -0.05) is 19.3 Å². The first-order chi connectivity index (χ1) is 11.4. The first-order valence-corrected chi connectivity index (χ1v) is 9.03. The first-order valence-electron chi connectivity index (χ1n) is 8.22. The number of aryl methyl sites for hydroxylation is 1. The van der Waals surface area contributed by atoms with Crippen molar-refractivity contribution in [1.82, 2.24) is 20.1 Å². The van der Waals surface area contributed by atoms with Crippen LogP contribution in [0.5, 0.6) is 0 Å². The second-order valence-electron chi connectivity index (χ2n) is 6.45. The minimum atomic E-state index is -0.732. The Hall–Kier alpha value is -1.96. The van der Waals surface area contributed by atoms with Crippen molar-refractivity contribution in [3.8, 4) is 0 Å². The van der Waals surface area contributed by atoms with Crippen molar-refractivity contribution in [3.05, 3.63) is 16.1 Å². The maximum absolute atomic E-state index is 12.8. The summed E-state index contributed by atoms with van der Waals surface area (Å²) in [6.45, 7) is 2.04. The molecule has 130 valence electrons. The number of hydrogen-bond donors (Lipinski definition) is 1. The Morgan fingerprint density at radius 3 is 2.67 bits per heavy atom. The molecule has 0 bridgehead atoms. The third kappa shape index (κ3) is 2.90. The molecule has 0 unspecified atom stereocenters. The Morgan fingerprint density at radius 1 is 1.33 bits per heavy atom. The summed E-state index contributed by atoms with van der Waals surface area (Å²) in [5.74, 6) is -0.553. The quantitative estimate of drug-likeness (QED) is 0.837. The zero-order chi connectivity index (χ0) is 17.3. The molecule has 1 aliphatic heterocycles. The summed E-state index contributed by atoms with van der Waals surface area (Å²) >= 11 is 1.51. The summed E-state index contributed by atoms with van der Waals surface area (Å²) in [7, 11) is 1.67. The van der Waals surface area contributed by atoms with Crippen molar-refractivity contribution in [3.63, 3.8) is 0 Å². The molecule has 0 aromatic carbocycles. The summed E-state index contributed by atoms with van der Waals surface area (Å²) < 4.78 is 0. The summed E-state index contributed by atoms with van der Waals surface area (Å²) in [4.78, 5) is 45.1. The van der Waals surface area contributed by atoms with E-state index < -0.39 is 5.54 Å². The minimum absolute atomic E-state index is 0.221. The van der Waals surface area contributed by atoms with Crippen LogP contribution in [0.4, 0.5) is 4.79 Å². The maximum atomic E-state index is 12.8. The van der Waals surface area contributed by atoms with Gasteiger partial charge in [-0.15, -0.1) is 11.3 Å². The number of thiazole rings is 1. The summed E-state index contributed by atoms with van der Waals surface area (Å²) in [5, 5.41) is 3.69. The van der Waals surface area contributed by atoms with Gasteiger partial charge in [-0.2, -0.15) is 0 Å².